The lowest BCUT2D eigenvalue weighted by atomic mass is 10.1. The van der Waals surface area contributed by atoms with Gasteiger partial charge in [0.15, 0.2) is 0 Å². The molecule has 0 aromatic carbocycles. The maximum atomic E-state index is 11.8. The number of hydrogen-bond donors (Lipinski definition) is 0. The third-order valence-corrected chi connectivity index (χ3v) is 4.33. The molecule has 1 aromatic heterocycles. The van der Waals surface area contributed by atoms with E-state index in [4.69, 9.17) is 0 Å². The van der Waals surface area contributed by atoms with Crippen molar-refractivity contribution in [2.45, 2.75) is 77.7 Å². The lowest BCUT2D eigenvalue weighted by Crippen LogP contribution is -2.19. The Morgan fingerprint density at radius 2 is 1.50 bits per heavy atom. The normalized spacial score (nSPS) is 10.9. The molecule has 20 heavy (non-hydrogen) atoms. The zero-order chi connectivity index (χ0) is 14.6. The lowest BCUT2D eigenvalue weighted by Gasteiger charge is -2.06. The van der Waals surface area contributed by atoms with E-state index >= 15 is 0 Å². The molecule has 1 rings (SSSR count). The highest BCUT2D eigenvalue weighted by Gasteiger charge is 1.99. The number of halogens is 1. The van der Waals surface area contributed by atoms with E-state index in [9.17, 15) is 4.79 Å². The number of rotatable bonds is 11. The van der Waals surface area contributed by atoms with Crippen molar-refractivity contribution in [3.05, 3.63) is 33.2 Å². The molecule has 0 N–H and O–H groups in total. The molecule has 0 fully saturated rings. The average Bonchev–Trinajstić information content (AvgIpc) is 2.45. The van der Waals surface area contributed by atoms with Gasteiger partial charge in [0.1, 0.15) is 0 Å². The molecule has 114 valence electrons. The summed E-state index contributed by atoms with van der Waals surface area (Å²) >= 11 is 3.28. The molecule has 0 atom stereocenters. The van der Waals surface area contributed by atoms with Gasteiger partial charge >= 0.3 is 0 Å². The largest absolute Gasteiger partial charge is 0.315 e. The molecule has 0 aliphatic heterocycles. The monoisotopic (exact) mass is 341 g/mol. The second kappa shape index (κ2) is 11.1. The predicted molar refractivity (Wildman–Crippen MR) is 90.2 cm³/mol. The van der Waals surface area contributed by atoms with Gasteiger partial charge in [0, 0.05) is 12.7 Å². The first-order valence-electron chi connectivity index (χ1n) is 8.10. The number of aryl methyl sites for hydroxylation is 1. The maximum absolute atomic E-state index is 11.8. The highest BCUT2D eigenvalue weighted by molar-refractivity contribution is 9.10. The first-order chi connectivity index (χ1) is 9.75. The van der Waals surface area contributed by atoms with Crippen molar-refractivity contribution in [1.29, 1.82) is 0 Å². The van der Waals surface area contributed by atoms with Crippen LogP contribution in [0.25, 0.3) is 0 Å². The zero-order valence-corrected chi connectivity index (χ0v) is 14.3. The van der Waals surface area contributed by atoms with E-state index in [0.717, 1.165) is 13.0 Å². The summed E-state index contributed by atoms with van der Waals surface area (Å²) in [6, 6.07) is 3.72. The molecule has 1 heterocycles. The minimum absolute atomic E-state index is 0.0865. The van der Waals surface area contributed by atoms with Crippen LogP contribution >= 0.6 is 15.9 Å². The van der Waals surface area contributed by atoms with Gasteiger partial charge < -0.3 is 4.57 Å². The number of hydrogen-bond acceptors (Lipinski definition) is 1. The molecule has 0 unspecified atom stereocenters. The molecule has 0 radical (unpaired) electrons. The molecule has 0 amide bonds. The van der Waals surface area contributed by atoms with Crippen molar-refractivity contribution >= 4 is 15.9 Å². The molecule has 0 aliphatic rings. The summed E-state index contributed by atoms with van der Waals surface area (Å²) < 4.78 is 2.46. The molecule has 0 aliphatic carbocycles. The summed E-state index contributed by atoms with van der Waals surface area (Å²) in [5.41, 5.74) is 0.0865. The first-order valence-corrected chi connectivity index (χ1v) is 8.90. The van der Waals surface area contributed by atoms with E-state index in [-0.39, 0.29) is 5.56 Å². The summed E-state index contributed by atoms with van der Waals surface area (Å²) in [6.45, 7) is 3.10. The summed E-state index contributed by atoms with van der Waals surface area (Å²) in [5.74, 6) is 0. The van der Waals surface area contributed by atoms with Crippen LogP contribution in [0.3, 0.4) is 0 Å². The summed E-state index contributed by atoms with van der Waals surface area (Å²) in [7, 11) is 0. The maximum Gasteiger partial charge on any atom is 0.264 e. The Balaban J connectivity index is 2.00. The third-order valence-electron chi connectivity index (χ3n) is 3.73. The zero-order valence-electron chi connectivity index (χ0n) is 12.7. The Morgan fingerprint density at radius 3 is 2.10 bits per heavy atom. The van der Waals surface area contributed by atoms with Crippen LogP contribution in [0.2, 0.25) is 0 Å². The van der Waals surface area contributed by atoms with E-state index in [1.54, 1.807) is 10.6 Å². The van der Waals surface area contributed by atoms with E-state index in [0.29, 0.717) is 4.47 Å². The second-order valence-electron chi connectivity index (χ2n) is 5.54. The molecule has 2 nitrogen and oxygen atoms in total. The Morgan fingerprint density at radius 1 is 0.950 bits per heavy atom. The fraction of sp³-hybridized carbons (Fsp3) is 0.706. The Labute approximate surface area is 131 Å². The summed E-state index contributed by atoms with van der Waals surface area (Å²) in [6.07, 6.45) is 15.2. The molecule has 3 heteroatoms. The van der Waals surface area contributed by atoms with Crippen molar-refractivity contribution in [2.75, 3.05) is 0 Å². The van der Waals surface area contributed by atoms with Crippen molar-refractivity contribution in [3.63, 3.8) is 0 Å². The van der Waals surface area contributed by atoms with Gasteiger partial charge in [-0.25, -0.2) is 0 Å². The number of pyridine rings is 1. The van der Waals surface area contributed by atoms with Crippen LogP contribution in [0.1, 0.15) is 71.1 Å². The predicted octanol–water partition coefficient (Wildman–Crippen LogP) is 5.53. The number of unbranched alkanes of at least 4 members (excludes halogenated alkanes) is 9. The third kappa shape index (κ3) is 7.28. The van der Waals surface area contributed by atoms with Crippen molar-refractivity contribution in [3.8, 4) is 0 Å². The van der Waals surface area contributed by atoms with Crippen LogP contribution in [0.5, 0.6) is 0 Å². The van der Waals surface area contributed by atoms with Crippen LogP contribution in [-0.4, -0.2) is 4.57 Å². The average molecular weight is 342 g/mol. The number of aromatic nitrogens is 1. The van der Waals surface area contributed by atoms with Gasteiger partial charge in [-0.15, -0.1) is 0 Å². The van der Waals surface area contributed by atoms with E-state index in [2.05, 4.69) is 22.9 Å². The van der Waals surface area contributed by atoms with Crippen molar-refractivity contribution in [2.24, 2.45) is 0 Å². The molecule has 1 aromatic rings. The minimum Gasteiger partial charge on any atom is -0.315 e. The molecular formula is C17H28BrNO. The quantitative estimate of drug-likeness (QED) is 0.485. The molecule has 0 spiro atoms. The van der Waals surface area contributed by atoms with Gasteiger partial charge in [-0.3, -0.25) is 4.79 Å². The fourth-order valence-electron chi connectivity index (χ4n) is 2.45. The Bertz CT molecular complexity index is 414. The SMILES string of the molecule is CCCCCCCCCCCCn1cccc(Br)c1=O. The lowest BCUT2D eigenvalue weighted by molar-refractivity contribution is 0.529. The molecule has 0 saturated heterocycles. The highest BCUT2D eigenvalue weighted by Crippen LogP contribution is 2.11. The van der Waals surface area contributed by atoms with Crippen LogP contribution < -0.4 is 5.56 Å². The summed E-state index contributed by atoms with van der Waals surface area (Å²) in [5, 5.41) is 0. The van der Waals surface area contributed by atoms with E-state index < -0.39 is 0 Å². The number of nitrogens with zero attached hydrogens (tertiary/aromatic N) is 1. The van der Waals surface area contributed by atoms with Gasteiger partial charge in [0.2, 0.25) is 0 Å². The van der Waals surface area contributed by atoms with Gasteiger partial charge in [0.05, 0.1) is 4.47 Å². The van der Waals surface area contributed by atoms with Gasteiger partial charge in [0.25, 0.3) is 5.56 Å². The van der Waals surface area contributed by atoms with Crippen LogP contribution in [0.15, 0.2) is 27.6 Å². The first kappa shape index (κ1) is 17.5. The second-order valence-corrected chi connectivity index (χ2v) is 6.39. The molecule has 0 saturated carbocycles. The highest BCUT2D eigenvalue weighted by atomic mass is 79.9. The smallest absolute Gasteiger partial charge is 0.264 e. The van der Waals surface area contributed by atoms with Crippen LogP contribution in [0.4, 0.5) is 0 Å². The summed E-state index contributed by atoms with van der Waals surface area (Å²) in [4.78, 5) is 11.8. The van der Waals surface area contributed by atoms with Crippen LogP contribution in [0, 0.1) is 0 Å². The Kier molecular flexibility index (Phi) is 9.73. The van der Waals surface area contributed by atoms with Gasteiger partial charge in [-0.2, -0.15) is 0 Å². The van der Waals surface area contributed by atoms with E-state index in [1.165, 1.54) is 57.8 Å². The Hall–Kier alpha value is -0.570. The minimum atomic E-state index is 0.0865. The van der Waals surface area contributed by atoms with Crippen LogP contribution in [-0.2, 0) is 6.54 Å². The molecule has 0 bridgehead atoms. The fourth-order valence-corrected chi connectivity index (χ4v) is 2.83. The topological polar surface area (TPSA) is 22.0 Å². The van der Waals surface area contributed by atoms with Gasteiger partial charge in [-0.05, 0) is 34.5 Å². The standard InChI is InChI=1S/C17H28BrNO/c1-2-3-4-5-6-7-8-9-10-11-14-19-15-12-13-16(18)17(19)20/h12-13,15H,2-11,14H2,1H3. The van der Waals surface area contributed by atoms with Crippen molar-refractivity contribution < 1.29 is 0 Å². The van der Waals surface area contributed by atoms with Gasteiger partial charge in [-0.1, -0.05) is 64.7 Å². The van der Waals surface area contributed by atoms with E-state index in [1.807, 2.05) is 12.3 Å². The molecular weight excluding hydrogens is 314 g/mol. The van der Waals surface area contributed by atoms with Crippen molar-refractivity contribution in [1.82, 2.24) is 4.57 Å².